The highest BCUT2D eigenvalue weighted by Crippen LogP contribution is 2.16. The first-order chi connectivity index (χ1) is 9.31. The van der Waals surface area contributed by atoms with Crippen LogP contribution >= 0.6 is 12.4 Å². The molecule has 0 spiro atoms. The Labute approximate surface area is 130 Å². The van der Waals surface area contributed by atoms with Crippen LogP contribution in [0, 0.1) is 5.82 Å². The van der Waals surface area contributed by atoms with Gasteiger partial charge in [0.25, 0.3) is 5.91 Å². The zero-order chi connectivity index (χ0) is 15.3. The lowest BCUT2D eigenvalue weighted by Gasteiger charge is -2.13. The molecule has 1 rings (SSSR count). The summed E-state index contributed by atoms with van der Waals surface area (Å²) in [5, 5.41) is 2.63. The quantitative estimate of drug-likeness (QED) is 0.872. The number of nitrogens with zero attached hydrogens (tertiary/aromatic N) is 1. The van der Waals surface area contributed by atoms with Crippen LogP contribution in [0.1, 0.15) is 30.1 Å². The van der Waals surface area contributed by atoms with Gasteiger partial charge in [-0.1, -0.05) is 0 Å². The van der Waals surface area contributed by atoms with E-state index in [4.69, 9.17) is 5.73 Å². The zero-order valence-electron chi connectivity index (χ0n) is 12.4. The molecule has 3 N–H and O–H groups in total. The number of halogens is 2. The van der Waals surface area contributed by atoms with Gasteiger partial charge in [0.1, 0.15) is 5.82 Å². The highest BCUT2D eigenvalue weighted by molar-refractivity contribution is 5.97. The van der Waals surface area contributed by atoms with Gasteiger partial charge in [-0.15, -0.1) is 12.4 Å². The van der Waals surface area contributed by atoms with Crippen LogP contribution in [0.25, 0.3) is 0 Å². The zero-order valence-corrected chi connectivity index (χ0v) is 13.2. The van der Waals surface area contributed by atoms with Gasteiger partial charge in [-0.2, -0.15) is 0 Å². The third kappa shape index (κ3) is 6.10. The second kappa shape index (κ2) is 8.59. The third-order valence-corrected chi connectivity index (χ3v) is 2.71. The van der Waals surface area contributed by atoms with Crippen LogP contribution in [0.15, 0.2) is 18.2 Å². The number of nitrogens with one attached hydrogen (secondary N) is 1. The molecule has 2 amide bonds. The maximum atomic E-state index is 13.6. The van der Waals surface area contributed by atoms with Gasteiger partial charge in [-0.3, -0.25) is 9.59 Å². The number of amides is 2. The largest absolute Gasteiger partial charge is 0.345 e. The Morgan fingerprint density at radius 2 is 2.00 bits per heavy atom. The summed E-state index contributed by atoms with van der Waals surface area (Å²) in [7, 11) is 3.07. The van der Waals surface area contributed by atoms with Crippen molar-refractivity contribution in [2.75, 3.05) is 19.4 Å². The van der Waals surface area contributed by atoms with Crippen molar-refractivity contribution in [2.45, 2.75) is 25.8 Å². The fourth-order valence-electron chi connectivity index (χ4n) is 1.59. The van der Waals surface area contributed by atoms with E-state index < -0.39 is 11.7 Å². The summed E-state index contributed by atoms with van der Waals surface area (Å²) in [6.07, 6.45) is 0.850. The van der Waals surface area contributed by atoms with E-state index in [-0.39, 0.29) is 36.3 Å². The summed E-state index contributed by atoms with van der Waals surface area (Å²) in [4.78, 5) is 24.7. The van der Waals surface area contributed by atoms with E-state index in [1.165, 1.54) is 31.1 Å². The number of hydrogen-bond donors (Lipinski definition) is 2. The molecule has 0 fully saturated rings. The number of nitrogens with two attached hydrogens (primary N) is 1. The molecule has 0 saturated heterocycles. The first-order valence-corrected chi connectivity index (χ1v) is 6.38. The molecular weight excluding hydrogens is 297 g/mol. The lowest BCUT2D eigenvalue weighted by Crippen LogP contribution is -2.23. The van der Waals surface area contributed by atoms with Crippen molar-refractivity contribution in [1.82, 2.24) is 4.90 Å². The second-order valence-corrected chi connectivity index (χ2v) is 4.96. The lowest BCUT2D eigenvalue weighted by atomic mass is 10.1. The van der Waals surface area contributed by atoms with E-state index in [1.807, 2.05) is 6.92 Å². The number of carbonyl (C=O) groups is 2. The monoisotopic (exact) mass is 317 g/mol. The molecular formula is C14H21ClFN3O2. The van der Waals surface area contributed by atoms with Crippen LogP contribution in [0.5, 0.6) is 0 Å². The Balaban J connectivity index is 0.00000400. The number of rotatable bonds is 5. The van der Waals surface area contributed by atoms with Crippen molar-refractivity contribution in [3.05, 3.63) is 29.6 Å². The van der Waals surface area contributed by atoms with Gasteiger partial charge in [-0.05, 0) is 31.5 Å². The highest BCUT2D eigenvalue weighted by atomic mass is 35.5. The van der Waals surface area contributed by atoms with E-state index in [0.29, 0.717) is 12.1 Å². The minimum atomic E-state index is -0.614. The van der Waals surface area contributed by atoms with Crippen molar-refractivity contribution in [3.63, 3.8) is 0 Å². The molecule has 7 heteroatoms. The van der Waals surface area contributed by atoms with E-state index in [1.54, 1.807) is 0 Å². The first-order valence-electron chi connectivity index (χ1n) is 6.38. The molecule has 118 valence electrons. The van der Waals surface area contributed by atoms with Gasteiger partial charge in [0.15, 0.2) is 0 Å². The van der Waals surface area contributed by atoms with Gasteiger partial charge in [0, 0.05) is 32.2 Å². The molecule has 0 aliphatic heterocycles. The predicted octanol–water partition coefficient (Wildman–Crippen LogP) is 2.02. The van der Waals surface area contributed by atoms with E-state index in [0.717, 1.165) is 6.07 Å². The summed E-state index contributed by atoms with van der Waals surface area (Å²) in [6, 6.07) is 3.87. The topological polar surface area (TPSA) is 75.4 Å². The lowest BCUT2D eigenvalue weighted by molar-refractivity contribution is -0.116. The Morgan fingerprint density at radius 1 is 1.38 bits per heavy atom. The Bertz CT molecular complexity index is 507. The molecule has 1 aromatic rings. The van der Waals surface area contributed by atoms with Gasteiger partial charge in [0.2, 0.25) is 5.91 Å². The summed E-state index contributed by atoms with van der Waals surface area (Å²) >= 11 is 0. The van der Waals surface area contributed by atoms with Crippen molar-refractivity contribution in [2.24, 2.45) is 5.73 Å². The van der Waals surface area contributed by atoms with Gasteiger partial charge < -0.3 is 16.0 Å². The van der Waals surface area contributed by atoms with Crippen molar-refractivity contribution >= 4 is 29.9 Å². The van der Waals surface area contributed by atoms with Crippen LogP contribution in [0.2, 0.25) is 0 Å². The minimum absolute atomic E-state index is 0. The molecule has 0 heterocycles. The average Bonchev–Trinajstić information content (AvgIpc) is 2.37. The normalized spacial score (nSPS) is 11.3. The van der Waals surface area contributed by atoms with E-state index >= 15 is 0 Å². The molecule has 0 aromatic heterocycles. The second-order valence-electron chi connectivity index (χ2n) is 4.96. The van der Waals surface area contributed by atoms with Crippen LogP contribution in [-0.4, -0.2) is 36.9 Å². The summed E-state index contributed by atoms with van der Waals surface area (Å²) in [5.41, 5.74) is 5.90. The van der Waals surface area contributed by atoms with E-state index in [9.17, 15) is 14.0 Å². The maximum Gasteiger partial charge on any atom is 0.256 e. The molecule has 1 unspecified atom stereocenters. The van der Waals surface area contributed by atoms with Crippen LogP contribution in [0.4, 0.5) is 10.1 Å². The van der Waals surface area contributed by atoms with Crippen molar-refractivity contribution in [3.8, 4) is 0 Å². The third-order valence-electron chi connectivity index (χ3n) is 2.71. The van der Waals surface area contributed by atoms with Crippen molar-refractivity contribution < 1.29 is 14.0 Å². The predicted molar refractivity (Wildman–Crippen MR) is 83.2 cm³/mol. The Morgan fingerprint density at radius 3 is 2.52 bits per heavy atom. The molecule has 0 aliphatic carbocycles. The van der Waals surface area contributed by atoms with Crippen molar-refractivity contribution in [1.29, 1.82) is 0 Å². The Kier molecular flexibility index (Phi) is 7.91. The molecule has 21 heavy (non-hydrogen) atoms. The van der Waals surface area contributed by atoms with E-state index in [2.05, 4.69) is 5.32 Å². The smallest absolute Gasteiger partial charge is 0.256 e. The molecule has 0 saturated carbocycles. The number of hydrogen-bond acceptors (Lipinski definition) is 3. The number of anilines is 1. The van der Waals surface area contributed by atoms with Gasteiger partial charge in [-0.25, -0.2) is 4.39 Å². The molecule has 0 bridgehead atoms. The standard InChI is InChI=1S/C14H20FN3O2.ClH/c1-9(16)4-7-13(19)17-10-5-6-12(15)11(8-10)14(20)18(2)3;/h5-6,8-9H,4,7,16H2,1-3H3,(H,17,19);1H. The minimum Gasteiger partial charge on any atom is -0.345 e. The molecule has 0 radical (unpaired) electrons. The molecule has 0 aliphatic rings. The first kappa shape index (κ1) is 19.3. The molecule has 1 atom stereocenters. The Hall–Kier alpha value is -1.66. The maximum absolute atomic E-state index is 13.6. The van der Waals surface area contributed by atoms with Gasteiger partial charge >= 0.3 is 0 Å². The summed E-state index contributed by atoms with van der Waals surface area (Å²) in [5.74, 6) is -1.27. The average molecular weight is 318 g/mol. The highest BCUT2D eigenvalue weighted by Gasteiger charge is 2.15. The summed E-state index contributed by atoms with van der Waals surface area (Å²) < 4.78 is 13.6. The molecule has 1 aromatic carbocycles. The molecule has 5 nitrogen and oxygen atoms in total. The summed E-state index contributed by atoms with van der Waals surface area (Å²) in [6.45, 7) is 1.82. The fourth-order valence-corrected chi connectivity index (χ4v) is 1.59. The van der Waals surface area contributed by atoms with Crippen LogP contribution in [-0.2, 0) is 4.79 Å². The number of carbonyl (C=O) groups excluding carboxylic acids is 2. The number of benzene rings is 1. The SMILES string of the molecule is CC(N)CCC(=O)Nc1ccc(F)c(C(=O)N(C)C)c1.Cl. The van der Waals surface area contributed by atoms with Crippen LogP contribution in [0.3, 0.4) is 0 Å². The van der Waals surface area contributed by atoms with Gasteiger partial charge in [0.05, 0.1) is 5.56 Å². The fraction of sp³-hybridized carbons (Fsp3) is 0.429. The van der Waals surface area contributed by atoms with Crippen LogP contribution < -0.4 is 11.1 Å².